The quantitative estimate of drug-likeness (QED) is 0.577. The topological polar surface area (TPSA) is 38.8 Å². The summed E-state index contributed by atoms with van der Waals surface area (Å²) in [7, 11) is -0.417. The first kappa shape index (κ1) is 14.7. The summed E-state index contributed by atoms with van der Waals surface area (Å²) in [4.78, 5) is 11.6. The molecule has 0 aliphatic carbocycles. The van der Waals surface area contributed by atoms with Gasteiger partial charge in [-0.3, -0.25) is 4.79 Å². The molecule has 4 nitrogen and oxygen atoms in total. The van der Waals surface area contributed by atoms with Gasteiger partial charge in [-0.2, -0.15) is 5.06 Å². The van der Waals surface area contributed by atoms with Crippen LogP contribution in [-0.4, -0.2) is 39.0 Å². The van der Waals surface area contributed by atoms with Gasteiger partial charge in [-0.1, -0.05) is 20.8 Å². The summed E-state index contributed by atoms with van der Waals surface area (Å²) in [5, 5.41) is 2.00. The molecule has 1 fully saturated rings. The van der Waals surface area contributed by atoms with Gasteiger partial charge in [-0.05, 0) is 31.0 Å². The molecule has 0 radical (unpaired) electrons. The maximum atomic E-state index is 11.6. The SMILES string of the molecule is COC(=O)C1CCCN1O[Si](C)(C)C(C)(C)C. The van der Waals surface area contributed by atoms with E-state index in [1.807, 2.05) is 5.06 Å². The predicted octanol–water partition coefficient (Wildman–Crippen LogP) is 2.56. The fourth-order valence-electron chi connectivity index (χ4n) is 1.65. The Balaban J connectivity index is 2.71. The Morgan fingerprint density at radius 2 is 1.94 bits per heavy atom. The van der Waals surface area contributed by atoms with E-state index in [4.69, 9.17) is 9.26 Å². The van der Waals surface area contributed by atoms with Crippen molar-refractivity contribution in [2.45, 2.75) is 57.8 Å². The zero-order chi connectivity index (χ0) is 13.3. The highest BCUT2D eigenvalue weighted by atomic mass is 28.4. The number of carbonyl (C=O) groups excluding carboxylic acids is 1. The van der Waals surface area contributed by atoms with Crippen molar-refractivity contribution in [1.82, 2.24) is 5.06 Å². The maximum Gasteiger partial charge on any atom is 0.325 e. The molecular weight excluding hydrogens is 234 g/mol. The lowest BCUT2D eigenvalue weighted by molar-refractivity contribution is -0.160. The fourth-order valence-corrected chi connectivity index (χ4v) is 2.73. The minimum absolute atomic E-state index is 0.149. The van der Waals surface area contributed by atoms with Crippen LogP contribution in [0.3, 0.4) is 0 Å². The summed E-state index contributed by atoms with van der Waals surface area (Å²) >= 11 is 0. The lowest BCUT2D eigenvalue weighted by atomic mass is 10.2. The minimum atomic E-state index is -1.85. The third-order valence-electron chi connectivity index (χ3n) is 3.83. The van der Waals surface area contributed by atoms with Gasteiger partial charge in [0.25, 0.3) is 0 Å². The highest BCUT2D eigenvalue weighted by Gasteiger charge is 2.43. The number of rotatable bonds is 3. The molecule has 0 aromatic carbocycles. The highest BCUT2D eigenvalue weighted by Crippen LogP contribution is 2.38. The number of nitrogens with zero attached hydrogens (tertiary/aromatic N) is 1. The van der Waals surface area contributed by atoms with Gasteiger partial charge in [0.1, 0.15) is 6.04 Å². The zero-order valence-electron chi connectivity index (χ0n) is 11.9. The smallest absolute Gasteiger partial charge is 0.325 e. The number of esters is 1. The predicted molar refractivity (Wildman–Crippen MR) is 70.0 cm³/mol. The molecule has 0 aromatic rings. The number of hydrogen-bond donors (Lipinski definition) is 0. The van der Waals surface area contributed by atoms with Crippen molar-refractivity contribution in [3.63, 3.8) is 0 Å². The molecule has 100 valence electrons. The first-order chi connectivity index (χ1) is 7.69. The normalized spacial score (nSPS) is 22.8. The van der Waals surface area contributed by atoms with Crippen LogP contribution in [0.15, 0.2) is 0 Å². The summed E-state index contributed by atoms with van der Waals surface area (Å²) in [6.07, 6.45) is 1.83. The Morgan fingerprint density at radius 3 is 2.41 bits per heavy atom. The van der Waals surface area contributed by atoms with Crippen LogP contribution in [0.5, 0.6) is 0 Å². The Bertz CT molecular complexity index is 286. The Kier molecular flexibility index (Phi) is 4.38. The van der Waals surface area contributed by atoms with Gasteiger partial charge in [0.05, 0.1) is 7.11 Å². The third-order valence-corrected chi connectivity index (χ3v) is 8.13. The molecule has 1 heterocycles. The Morgan fingerprint density at radius 1 is 1.35 bits per heavy atom. The van der Waals surface area contributed by atoms with Crippen molar-refractivity contribution in [2.75, 3.05) is 13.7 Å². The van der Waals surface area contributed by atoms with Gasteiger partial charge >= 0.3 is 5.97 Å². The van der Waals surface area contributed by atoms with Gasteiger partial charge in [0.2, 0.25) is 8.32 Å². The van der Waals surface area contributed by atoms with E-state index in [0.717, 1.165) is 19.4 Å². The van der Waals surface area contributed by atoms with Gasteiger partial charge in [-0.15, -0.1) is 0 Å². The molecule has 5 heteroatoms. The lowest BCUT2D eigenvalue weighted by Gasteiger charge is -2.39. The fraction of sp³-hybridized carbons (Fsp3) is 0.917. The van der Waals surface area contributed by atoms with Crippen LogP contribution < -0.4 is 0 Å². The van der Waals surface area contributed by atoms with E-state index in [1.54, 1.807) is 0 Å². The van der Waals surface area contributed by atoms with Crippen molar-refractivity contribution in [3.05, 3.63) is 0 Å². The Hall–Kier alpha value is -0.393. The molecule has 1 aliphatic heterocycles. The van der Waals surface area contributed by atoms with E-state index in [1.165, 1.54) is 7.11 Å². The second-order valence-electron chi connectivity index (χ2n) is 6.17. The molecule has 0 amide bonds. The standard InChI is InChI=1S/C12H25NO3Si/c1-12(2,3)17(5,6)16-13-9-7-8-10(13)11(14)15-4/h10H,7-9H2,1-6H3. The molecular formula is C12H25NO3Si. The maximum absolute atomic E-state index is 11.6. The van der Waals surface area contributed by atoms with Gasteiger partial charge in [-0.25, -0.2) is 0 Å². The van der Waals surface area contributed by atoms with Crippen LogP contribution in [0.25, 0.3) is 0 Å². The van der Waals surface area contributed by atoms with E-state index in [0.29, 0.717) is 0 Å². The second-order valence-corrected chi connectivity index (χ2v) is 10.9. The number of ether oxygens (including phenoxy) is 1. The van der Waals surface area contributed by atoms with Crippen LogP contribution in [-0.2, 0) is 14.1 Å². The number of hydrogen-bond acceptors (Lipinski definition) is 4. The minimum Gasteiger partial charge on any atom is -0.468 e. The van der Waals surface area contributed by atoms with Crippen molar-refractivity contribution >= 4 is 14.3 Å². The third kappa shape index (κ3) is 3.30. The van der Waals surface area contributed by atoms with Crippen molar-refractivity contribution in [2.24, 2.45) is 0 Å². The van der Waals surface area contributed by atoms with Crippen LogP contribution in [0, 0.1) is 0 Å². The van der Waals surface area contributed by atoms with Gasteiger partial charge in [0.15, 0.2) is 0 Å². The molecule has 0 aromatic heterocycles. The average molecular weight is 259 g/mol. The number of carbonyl (C=O) groups is 1. The van der Waals surface area contributed by atoms with E-state index in [2.05, 4.69) is 33.9 Å². The van der Waals surface area contributed by atoms with Crippen LogP contribution >= 0.6 is 0 Å². The molecule has 0 saturated carbocycles. The molecule has 0 spiro atoms. The van der Waals surface area contributed by atoms with Crippen LogP contribution in [0.1, 0.15) is 33.6 Å². The summed E-state index contributed by atoms with van der Waals surface area (Å²) in [5.74, 6) is -0.179. The summed E-state index contributed by atoms with van der Waals surface area (Å²) < 4.78 is 11.0. The highest BCUT2D eigenvalue weighted by molar-refractivity contribution is 6.74. The summed E-state index contributed by atoms with van der Waals surface area (Å²) in [5.41, 5.74) is 0. The molecule has 1 saturated heterocycles. The van der Waals surface area contributed by atoms with E-state index < -0.39 is 8.32 Å². The summed E-state index contributed by atoms with van der Waals surface area (Å²) in [6.45, 7) is 11.8. The molecule has 1 atom stereocenters. The Labute approximate surface area is 105 Å². The first-order valence-electron chi connectivity index (χ1n) is 6.22. The summed E-state index contributed by atoms with van der Waals surface area (Å²) in [6, 6.07) is -0.214. The van der Waals surface area contributed by atoms with Crippen molar-refractivity contribution < 1.29 is 14.1 Å². The van der Waals surface area contributed by atoms with Gasteiger partial charge in [0, 0.05) is 6.54 Å². The largest absolute Gasteiger partial charge is 0.468 e. The monoisotopic (exact) mass is 259 g/mol. The number of hydroxylamine groups is 2. The van der Waals surface area contributed by atoms with Crippen molar-refractivity contribution in [3.8, 4) is 0 Å². The molecule has 0 bridgehead atoms. The van der Waals surface area contributed by atoms with E-state index >= 15 is 0 Å². The molecule has 0 N–H and O–H groups in total. The van der Waals surface area contributed by atoms with Gasteiger partial charge < -0.3 is 9.26 Å². The van der Waals surface area contributed by atoms with E-state index in [9.17, 15) is 4.79 Å². The molecule has 17 heavy (non-hydrogen) atoms. The van der Waals surface area contributed by atoms with Crippen LogP contribution in [0.4, 0.5) is 0 Å². The lowest BCUT2D eigenvalue weighted by Crippen LogP contribution is -2.49. The molecule has 1 unspecified atom stereocenters. The second kappa shape index (κ2) is 5.08. The van der Waals surface area contributed by atoms with E-state index in [-0.39, 0.29) is 17.0 Å². The van der Waals surface area contributed by atoms with Crippen molar-refractivity contribution in [1.29, 1.82) is 0 Å². The molecule has 1 rings (SSSR count). The first-order valence-corrected chi connectivity index (χ1v) is 9.13. The number of methoxy groups -OCH3 is 1. The zero-order valence-corrected chi connectivity index (χ0v) is 12.9. The van der Waals surface area contributed by atoms with Crippen LogP contribution in [0.2, 0.25) is 18.1 Å². The molecule has 1 aliphatic rings. The average Bonchev–Trinajstić information content (AvgIpc) is 2.62.